The molecule has 0 aliphatic carbocycles. The molecule has 2 rings (SSSR count). The van der Waals surface area contributed by atoms with Crippen LogP contribution in [0.3, 0.4) is 0 Å². The van der Waals surface area contributed by atoms with Gasteiger partial charge in [0, 0.05) is 5.69 Å². The lowest BCUT2D eigenvalue weighted by molar-refractivity contribution is -0.117. The van der Waals surface area contributed by atoms with E-state index in [4.69, 9.17) is 5.26 Å². The molecule has 1 aromatic carbocycles. The molecule has 0 saturated heterocycles. The van der Waals surface area contributed by atoms with Crippen molar-refractivity contribution in [1.29, 1.82) is 5.26 Å². The lowest BCUT2D eigenvalue weighted by Crippen LogP contribution is -2.32. The van der Waals surface area contributed by atoms with Crippen molar-refractivity contribution in [1.82, 2.24) is 9.78 Å². The van der Waals surface area contributed by atoms with Gasteiger partial charge in [-0.15, -0.1) is 0 Å². The highest BCUT2D eigenvalue weighted by Gasteiger charge is 2.14. The molecule has 0 bridgehead atoms. The third kappa shape index (κ3) is 3.46. The van der Waals surface area contributed by atoms with Crippen LogP contribution in [-0.2, 0) is 11.3 Å². The number of hydrogen-bond donors (Lipinski definition) is 1. The second-order valence-corrected chi connectivity index (χ2v) is 5.53. The molecule has 1 N–H and O–H groups in total. The first-order chi connectivity index (χ1) is 10.8. The van der Waals surface area contributed by atoms with Crippen LogP contribution in [0, 0.1) is 39.0 Å². The number of carbonyl (C=O) groups is 1. The molecule has 0 atom stereocenters. The van der Waals surface area contributed by atoms with Gasteiger partial charge in [0.15, 0.2) is 0 Å². The SMILES string of the molecule is Cc1ccc(C)c(NC(=O)Cn2nc(C)c(C)c(C#N)c2=O)c1. The normalized spacial score (nSPS) is 10.2. The second-order valence-electron chi connectivity index (χ2n) is 5.53. The third-order valence-electron chi connectivity index (χ3n) is 3.71. The van der Waals surface area contributed by atoms with E-state index < -0.39 is 5.56 Å². The van der Waals surface area contributed by atoms with Crippen LogP contribution < -0.4 is 10.9 Å². The summed E-state index contributed by atoms with van der Waals surface area (Å²) in [6.45, 7) is 6.96. The molecule has 0 fully saturated rings. The third-order valence-corrected chi connectivity index (χ3v) is 3.71. The Morgan fingerprint density at radius 1 is 1.30 bits per heavy atom. The van der Waals surface area contributed by atoms with Crippen LogP contribution in [-0.4, -0.2) is 15.7 Å². The summed E-state index contributed by atoms with van der Waals surface area (Å²) in [5, 5.41) is 16.0. The number of aryl methyl sites for hydroxylation is 3. The number of nitriles is 1. The summed E-state index contributed by atoms with van der Waals surface area (Å²) in [4.78, 5) is 24.4. The average Bonchev–Trinajstić information content (AvgIpc) is 2.49. The summed E-state index contributed by atoms with van der Waals surface area (Å²) < 4.78 is 1.03. The van der Waals surface area contributed by atoms with Gasteiger partial charge in [-0.05, 0) is 50.5 Å². The zero-order chi connectivity index (χ0) is 17.1. The summed E-state index contributed by atoms with van der Waals surface area (Å²) in [5.41, 5.74) is 3.24. The summed E-state index contributed by atoms with van der Waals surface area (Å²) in [6, 6.07) is 7.62. The molecule has 0 radical (unpaired) electrons. The van der Waals surface area contributed by atoms with E-state index in [0.717, 1.165) is 15.8 Å². The number of hydrogen-bond acceptors (Lipinski definition) is 4. The standard InChI is InChI=1S/C17H18N4O2/c1-10-5-6-11(2)15(7-10)19-16(22)9-21-17(23)14(8-18)12(3)13(4)20-21/h5-7H,9H2,1-4H3,(H,19,22). The molecule has 0 spiro atoms. The first-order valence-electron chi connectivity index (χ1n) is 7.19. The molecule has 0 aliphatic heterocycles. The summed E-state index contributed by atoms with van der Waals surface area (Å²) in [5.74, 6) is -0.361. The maximum Gasteiger partial charge on any atom is 0.285 e. The van der Waals surface area contributed by atoms with E-state index in [0.29, 0.717) is 16.9 Å². The van der Waals surface area contributed by atoms with E-state index in [1.165, 1.54) is 0 Å². The van der Waals surface area contributed by atoms with E-state index >= 15 is 0 Å². The summed E-state index contributed by atoms with van der Waals surface area (Å²) in [6.07, 6.45) is 0. The van der Waals surface area contributed by atoms with Crippen LogP contribution in [0.25, 0.3) is 0 Å². The second kappa shape index (κ2) is 6.44. The number of amides is 1. The van der Waals surface area contributed by atoms with E-state index in [1.54, 1.807) is 13.8 Å². The minimum Gasteiger partial charge on any atom is -0.324 e. The van der Waals surface area contributed by atoms with Crippen LogP contribution in [0.15, 0.2) is 23.0 Å². The van der Waals surface area contributed by atoms with Crippen LogP contribution in [0.4, 0.5) is 5.69 Å². The fraction of sp³-hybridized carbons (Fsp3) is 0.294. The van der Waals surface area contributed by atoms with E-state index in [2.05, 4.69) is 10.4 Å². The lowest BCUT2D eigenvalue weighted by atomic mass is 10.1. The first-order valence-corrected chi connectivity index (χ1v) is 7.19. The van der Waals surface area contributed by atoms with Gasteiger partial charge in [-0.1, -0.05) is 12.1 Å². The predicted octanol–water partition coefficient (Wildman–Crippen LogP) is 1.99. The van der Waals surface area contributed by atoms with Crippen molar-refractivity contribution in [2.24, 2.45) is 0 Å². The van der Waals surface area contributed by atoms with Crippen LogP contribution in [0.5, 0.6) is 0 Å². The quantitative estimate of drug-likeness (QED) is 0.939. The molecule has 2 aromatic rings. The molecular formula is C17H18N4O2. The minimum atomic E-state index is -0.549. The Morgan fingerprint density at radius 2 is 2.00 bits per heavy atom. The van der Waals surface area contributed by atoms with Gasteiger partial charge in [0.2, 0.25) is 5.91 Å². The Balaban J connectivity index is 2.28. The van der Waals surface area contributed by atoms with Gasteiger partial charge in [-0.25, -0.2) is 4.68 Å². The van der Waals surface area contributed by atoms with Crippen LogP contribution in [0.2, 0.25) is 0 Å². The molecule has 1 aromatic heterocycles. The van der Waals surface area contributed by atoms with Crippen molar-refractivity contribution in [3.8, 4) is 6.07 Å². The average molecular weight is 310 g/mol. The Bertz CT molecular complexity index is 875. The number of carbonyl (C=O) groups excluding carboxylic acids is 1. The van der Waals surface area contributed by atoms with Crippen molar-refractivity contribution >= 4 is 11.6 Å². The van der Waals surface area contributed by atoms with Crippen molar-refractivity contribution in [2.45, 2.75) is 34.2 Å². The highest BCUT2D eigenvalue weighted by molar-refractivity contribution is 5.91. The number of aromatic nitrogens is 2. The molecular weight excluding hydrogens is 292 g/mol. The molecule has 6 heteroatoms. The van der Waals surface area contributed by atoms with E-state index in [9.17, 15) is 9.59 Å². The van der Waals surface area contributed by atoms with Gasteiger partial charge >= 0.3 is 0 Å². The Labute approximate surface area is 134 Å². The highest BCUT2D eigenvalue weighted by Crippen LogP contribution is 2.16. The summed E-state index contributed by atoms with van der Waals surface area (Å²) in [7, 11) is 0. The zero-order valence-corrected chi connectivity index (χ0v) is 13.6. The van der Waals surface area contributed by atoms with Crippen molar-refractivity contribution in [2.75, 3.05) is 5.32 Å². The monoisotopic (exact) mass is 310 g/mol. The molecule has 118 valence electrons. The Kier molecular flexibility index (Phi) is 4.60. The summed E-state index contributed by atoms with van der Waals surface area (Å²) >= 11 is 0. The van der Waals surface area contributed by atoms with Gasteiger partial charge in [-0.3, -0.25) is 9.59 Å². The predicted molar refractivity (Wildman–Crippen MR) is 87.2 cm³/mol. The van der Waals surface area contributed by atoms with Crippen LogP contribution >= 0.6 is 0 Å². The fourth-order valence-corrected chi connectivity index (χ4v) is 2.21. The molecule has 0 unspecified atom stereocenters. The lowest BCUT2D eigenvalue weighted by Gasteiger charge is -2.11. The van der Waals surface area contributed by atoms with Gasteiger partial charge in [-0.2, -0.15) is 10.4 Å². The van der Waals surface area contributed by atoms with E-state index in [1.807, 2.05) is 38.1 Å². The van der Waals surface area contributed by atoms with Gasteiger partial charge < -0.3 is 5.32 Å². The molecule has 6 nitrogen and oxygen atoms in total. The molecule has 1 heterocycles. The number of nitrogens with one attached hydrogen (secondary N) is 1. The zero-order valence-electron chi connectivity index (χ0n) is 13.6. The molecule has 23 heavy (non-hydrogen) atoms. The number of benzene rings is 1. The van der Waals surface area contributed by atoms with E-state index in [-0.39, 0.29) is 18.0 Å². The number of nitrogens with zero attached hydrogens (tertiary/aromatic N) is 3. The first kappa shape index (κ1) is 16.4. The number of rotatable bonds is 3. The van der Waals surface area contributed by atoms with Crippen molar-refractivity contribution in [3.63, 3.8) is 0 Å². The topological polar surface area (TPSA) is 87.8 Å². The maximum absolute atomic E-state index is 12.2. The minimum absolute atomic E-state index is 0.0250. The van der Waals surface area contributed by atoms with Crippen LogP contribution in [0.1, 0.15) is 27.9 Å². The fourth-order valence-electron chi connectivity index (χ4n) is 2.21. The highest BCUT2D eigenvalue weighted by atomic mass is 16.2. The smallest absolute Gasteiger partial charge is 0.285 e. The van der Waals surface area contributed by atoms with Gasteiger partial charge in [0.1, 0.15) is 18.2 Å². The van der Waals surface area contributed by atoms with Crippen molar-refractivity contribution in [3.05, 3.63) is 56.5 Å². The number of anilines is 1. The molecule has 1 amide bonds. The maximum atomic E-state index is 12.2. The Hall–Kier alpha value is -2.94. The van der Waals surface area contributed by atoms with Crippen molar-refractivity contribution < 1.29 is 4.79 Å². The molecule has 0 saturated carbocycles. The van der Waals surface area contributed by atoms with Gasteiger partial charge in [0.05, 0.1) is 5.69 Å². The Morgan fingerprint density at radius 3 is 2.65 bits per heavy atom. The van der Waals surface area contributed by atoms with Gasteiger partial charge in [0.25, 0.3) is 5.56 Å². The molecule has 0 aliphatic rings. The largest absolute Gasteiger partial charge is 0.324 e.